The zero-order chi connectivity index (χ0) is 19.3. The summed E-state index contributed by atoms with van der Waals surface area (Å²) in [4.78, 5) is 2.43. The van der Waals surface area contributed by atoms with Gasteiger partial charge in [0.05, 0.1) is 17.9 Å². The van der Waals surface area contributed by atoms with Crippen molar-refractivity contribution in [2.75, 3.05) is 13.1 Å². The highest BCUT2D eigenvalue weighted by molar-refractivity contribution is 5.30. The Morgan fingerprint density at radius 1 is 1.11 bits per heavy atom. The lowest BCUT2D eigenvalue weighted by Crippen LogP contribution is -2.32. The van der Waals surface area contributed by atoms with Gasteiger partial charge in [0.1, 0.15) is 11.5 Å². The molecule has 0 unspecified atom stereocenters. The highest BCUT2D eigenvalue weighted by Crippen LogP contribution is 2.31. The second-order valence-electron chi connectivity index (χ2n) is 7.46. The van der Waals surface area contributed by atoms with Crippen LogP contribution < -0.4 is 5.73 Å². The molecule has 146 valence electrons. The summed E-state index contributed by atoms with van der Waals surface area (Å²) in [6.07, 6.45) is 5.64. The first-order valence-corrected chi connectivity index (χ1v) is 9.91. The maximum Gasteiger partial charge on any atom is 0.126 e. The van der Waals surface area contributed by atoms with Gasteiger partial charge in [-0.2, -0.15) is 0 Å². The molecule has 2 aromatic carbocycles. The minimum Gasteiger partial charge on any atom is -0.327 e. The van der Waals surface area contributed by atoms with Crippen LogP contribution in [0.25, 0.3) is 5.69 Å². The minimum atomic E-state index is -0.172. The average Bonchev–Trinajstić information content (AvgIpc) is 3.38. The van der Waals surface area contributed by atoms with Crippen molar-refractivity contribution in [2.24, 2.45) is 5.73 Å². The first kappa shape index (κ1) is 18.8. The van der Waals surface area contributed by atoms with E-state index in [4.69, 9.17) is 5.73 Å². The van der Waals surface area contributed by atoms with E-state index in [2.05, 4.69) is 15.2 Å². The van der Waals surface area contributed by atoms with Crippen molar-refractivity contribution >= 4 is 0 Å². The van der Waals surface area contributed by atoms with Crippen LogP contribution >= 0.6 is 0 Å². The fourth-order valence-corrected chi connectivity index (χ4v) is 3.95. The van der Waals surface area contributed by atoms with Gasteiger partial charge in [-0.25, -0.2) is 9.07 Å². The van der Waals surface area contributed by atoms with Crippen molar-refractivity contribution in [3.63, 3.8) is 0 Å². The lowest BCUT2D eigenvalue weighted by atomic mass is 10.0. The summed E-state index contributed by atoms with van der Waals surface area (Å²) in [7, 11) is 0. The van der Waals surface area contributed by atoms with E-state index in [0.29, 0.717) is 12.0 Å². The van der Waals surface area contributed by atoms with Crippen molar-refractivity contribution in [3.05, 3.63) is 77.9 Å². The standard InChI is InChI=1S/C22H26FN5/c23-20-10-5-4-7-17(20)15-18(24)12-14-27-13-6-11-22(27)21-16-28(26-25-21)19-8-2-1-3-9-19/h1-5,7-10,16,18,22H,6,11-15,24H2/t18-,22-/m0/s1. The molecule has 0 spiro atoms. The lowest BCUT2D eigenvalue weighted by molar-refractivity contribution is 0.242. The molecule has 3 aromatic rings. The number of nitrogens with two attached hydrogens (primary N) is 1. The van der Waals surface area contributed by atoms with Crippen molar-refractivity contribution in [2.45, 2.75) is 37.8 Å². The van der Waals surface area contributed by atoms with E-state index in [1.807, 2.05) is 53.3 Å². The van der Waals surface area contributed by atoms with E-state index in [9.17, 15) is 4.39 Å². The molecule has 0 amide bonds. The highest BCUT2D eigenvalue weighted by Gasteiger charge is 2.28. The lowest BCUT2D eigenvalue weighted by Gasteiger charge is -2.24. The van der Waals surface area contributed by atoms with Crippen molar-refractivity contribution in [1.29, 1.82) is 0 Å². The van der Waals surface area contributed by atoms with Crippen LogP contribution in [0.4, 0.5) is 4.39 Å². The van der Waals surface area contributed by atoms with E-state index in [0.717, 1.165) is 43.7 Å². The Kier molecular flexibility index (Phi) is 5.78. The van der Waals surface area contributed by atoms with Gasteiger partial charge >= 0.3 is 0 Å². The van der Waals surface area contributed by atoms with E-state index in [1.54, 1.807) is 6.07 Å². The van der Waals surface area contributed by atoms with Crippen LogP contribution in [0.5, 0.6) is 0 Å². The zero-order valence-corrected chi connectivity index (χ0v) is 15.9. The second-order valence-corrected chi connectivity index (χ2v) is 7.46. The molecule has 0 bridgehead atoms. The SMILES string of the molecule is N[C@@H](CCN1CCC[C@H]1c1cn(-c2ccccc2)nn1)Cc1ccccc1F. The number of halogens is 1. The third-order valence-electron chi connectivity index (χ3n) is 5.46. The minimum absolute atomic E-state index is 0.0573. The topological polar surface area (TPSA) is 60.0 Å². The average molecular weight is 379 g/mol. The summed E-state index contributed by atoms with van der Waals surface area (Å²) in [6.45, 7) is 1.92. The summed E-state index contributed by atoms with van der Waals surface area (Å²) < 4.78 is 15.7. The first-order valence-electron chi connectivity index (χ1n) is 9.91. The summed E-state index contributed by atoms with van der Waals surface area (Å²) in [6, 6.07) is 17.1. The fourth-order valence-electron chi connectivity index (χ4n) is 3.95. The molecule has 1 fully saturated rings. The van der Waals surface area contributed by atoms with Crippen LogP contribution in [0.2, 0.25) is 0 Å². The molecule has 2 atom stereocenters. The molecular weight excluding hydrogens is 353 g/mol. The van der Waals surface area contributed by atoms with Crippen molar-refractivity contribution in [3.8, 4) is 5.69 Å². The Labute approximate surface area is 165 Å². The van der Waals surface area contributed by atoms with E-state index >= 15 is 0 Å². The smallest absolute Gasteiger partial charge is 0.126 e. The van der Waals surface area contributed by atoms with Gasteiger partial charge in [-0.05, 0) is 56.0 Å². The van der Waals surface area contributed by atoms with Gasteiger partial charge in [-0.15, -0.1) is 5.10 Å². The Hall–Kier alpha value is -2.57. The van der Waals surface area contributed by atoms with Crippen LogP contribution in [-0.4, -0.2) is 39.0 Å². The second kappa shape index (κ2) is 8.63. The quantitative estimate of drug-likeness (QED) is 0.683. The molecule has 4 rings (SSSR count). The number of hydrogen-bond acceptors (Lipinski definition) is 4. The maximum atomic E-state index is 13.8. The molecule has 0 radical (unpaired) electrons. The van der Waals surface area contributed by atoms with Gasteiger partial charge in [0.25, 0.3) is 0 Å². The van der Waals surface area contributed by atoms with Crippen molar-refractivity contribution in [1.82, 2.24) is 19.9 Å². The van der Waals surface area contributed by atoms with Crippen LogP contribution in [-0.2, 0) is 6.42 Å². The van der Waals surface area contributed by atoms with Crippen LogP contribution in [0, 0.1) is 5.82 Å². The van der Waals surface area contributed by atoms with E-state index in [1.165, 1.54) is 6.07 Å². The van der Waals surface area contributed by atoms with Crippen molar-refractivity contribution < 1.29 is 4.39 Å². The summed E-state index contributed by atoms with van der Waals surface area (Å²) in [5.74, 6) is -0.172. The molecule has 2 N–H and O–H groups in total. The maximum absolute atomic E-state index is 13.8. The Balaban J connectivity index is 1.36. The van der Waals surface area contributed by atoms with E-state index < -0.39 is 0 Å². The number of hydrogen-bond donors (Lipinski definition) is 1. The van der Waals surface area contributed by atoms with Gasteiger partial charge in [-0.3, -0.25) is 4.90 Å². The summed E-state index contributed by atoms with van der Waals surface area (Å²) >= 11 is 0. The first-order chi connectivity index (χ1) is 13.7. The van der Waals surface area contributed by atoms with E-state index in [-0.39, 0.29) is 17.9 Å². The number of aromatic nitrogens is 3. The molecule has 1 aliphatic rings. The fraction of sp³-hybridized carbons (Fsp3) is 0.364. The van der Waals surface area contributed by atoms with Gasteiger partial charge in [0.15, 0.2) is 0 Å². The number of likely N-dealkylation sites (tertiary alicyclic amines) is 1. The molecule has 1 aliphatic heterocycles. The third-order valence-corrected chi connectivity index (χ3v) is 5.46. The Morgan fingerprint density at radius 2 is 1.89 bits per heavy atom. The molecule has 1 aromatic heterocycles. The third kappa shape index (κ3) is 4.29. The number of benzene rings is 2. The number of nitrogens with zero attached hydrogens (tertiary/aromatic N) is 4. The molecular formula is C22H26FN5. The van der Waals surface area contributed by atoms with Crippen LogP contribution in [0.1, 0.15) is 36.6 Å². The summed E-state index contributed by atoms with van der Waals surface area (Å²) in [5.41, 5.74) is 9.00. The number of rotatable bonds is 7. The molecule has 1 saturated heterocycles. The molecule has 0 aliphatic carbocycles. The monoisotopic (exact) mass is 379 g/mol. The number of para-hydroxylation sites is 1. The largest absolute Gasteiger partial charge is 0.327 e. The predicted molar refractivity (Wildman–Crippen MR) is 108 cm³/mol. The van der Waals surface area contributed by atoms with Gasteiger partial charge < -0.3 is 5.73 Å². The molecule has 6 heteroatoms. The van der Waals surface area contributed by atoms with Gasteiger partial charge in [-0.1, -0.05) is 41.6 Å². The Morgan fingerprint density at radius 3 is 2.71 bits per heavy atom. The molecule has 0 saturated carbocycles. The molecule has 28 heavy (non-hydrogen) atoms. The highest BCUT2D eigenvalue weighted by atomic mass is 19.1. The normalized spacial score (nSPS) is 18.4. The Bertz CT molecular complexity index is 895. The van der Waals surface area contributed by atoms with Crippen LogP contribution in [0.15, 0.2) is 60.8 Å². The predicted octanol–water partition coefficient (Wildman–Crippen LogP) is 3.50. The summed E-state index contributed by atoms with van der Waals surface area (Å²) in [5, 5.41) is 8.72. The zero-order valence-electron chi connectivity index (χ0n) is 15.9. The van der Waals surface area contributed by atoms with Gasteiger partial charge in [0, 0.05) is 12.6 Å². The molecule has 5 nitrogen and oxygen atoms in total. The molecule has 2 heterocycles. The van der Waals surface area contributed by atoms with Gasteiger partial charge in [0.2, 0.25) is 0 Å². The van der Waals surface area contributed by atoms with Crippen LogP contribution in [0.3, 0.4) is 0 Å².